The van der Waals surface area contributed by atoms with E-state index in [1.54, 1.807) is 7.11 Å². The lowest BCUT2D eigenvalue weighted by Crippen LogP contribution is -2.08. The van der Waals surface area contributed by atoms with Gasteiger partial charge in [-0.2, -0.15) is 4.98 Å². The number of anilines is 2. The zero-order chi connectivity index (χ0) is 10.4. The van der Waals surface area contributed by atoms with Crippen LogP contribution in [0.2, 0.25) is 5.28 Å². The largest absolute Gasteiger partial charge is 0.394 e. The Hall–Kier alpha value is -1.07. The average molecular weight is 217 g/mol. The van der Waals surface area contributed by atoms with Gasteiger partial charge in [0.15, 0.2) is 5.82 Å². The van der Waals surface area contributed by atoms with E-state index < -0.39 is 0 Å². The molecule has 0 aliphatic rings. The monoisotopic (exact) mass is 216 g/mol. The molecule has 0 atom stereocenters. The summed E-state index contributed by atoms with van der Waals surface area (Å²) in [4.78, 5) is 7.70. The van der Waals surface area contributed by atoms with Crippen LogP contribution in [-0.4, -0.2) is 30.2 Å². The quantitative estimate of drug-likeness (QED) is 0.571. The van der Waals surface area contributed by atoms with E-state index in [1.165, 1.54) is 6.20 Å². The van der Waals surface area contributed by atoms with Gasteiger partial charge in [0, 0.05) is 20.3 Å². The van der Waals surface area contributed by atoms with Gasteiger partial charge < -0.3 is 15.8 Å². The van der Waals surface area contributed by atoms with Crippen molar-refractivity contribution in [2.45, 2.75) is 6.42 Å². The first-order valence-corrected chi connectivity index (χ1v) is 4.62. The normalized spacial score (nSPS) is 10.1. The summed E-state index contributed by atoms with van der Waals surface area (Å²) < 4.78 is 4.90. The fourth-order valence-corrected chi connectivity index (χ4v) is 1.07. The van der Waals surface area contributed by atoms with E-state index >= 15 is 0 Å². The number of hydrogen-bond donors (Lipinski definition) is 2. The molecule has 0 unspecified atom stereocenters. The third-order valence-electron chi connectivity index (χ3n) is 1.61. The van der Waals surface area contributed by atoms with Crippen molar-refractivity contribution in [1.82, 2.24) is 9.97 Å². The maximum absolute atomic E-state index is 5.63. The van der Waals surface area contributed by atoms with Crippen molar-refractivity contribution in [1.29, 1.82) is 0 Å². The van der Waals surface area contributed by atoms with Crippen LogP contribution >= 0.6 is 11.6 Å². The van der Waals surface area contributed by atoms with E-state index in [-0.39, 0.29) is 5.28 Å². The third-order valence-corrected chi connectivity index (χ3v) is 1.79. The van der Waals surface area contributed by atoms with Crippen molar-refractivity contribution in [2.24, 2.45) is 0 Å². The first-order valence-electron chi connectivity index (χ1n) is 4.25. The Bertz CT molecular complexity index is 295. The summed E-state index contributed by atoms with van der Waals surface area (Å²) in [5, 5.41) is 3.24. The lowest BCUT2D eigenvalue weighted by atomic mass is 10.4. The summed E-state index contributed by atoms with van der Waals surface area (Å²) in [5.74, 6) is 0.570. The molecule has 0 spiro atoms. The summed E-state index contributed by atoms with van der Waals surface area (Å²) in [6.45, 7) is 1.44. The standard InChI is InChI=1S/C8H13ClN4O/c1-14-4-2-3-11-7-6(10)5-12-8(9)13-7/h5H,2-4,10H2,1H3,(H,11,12,13). The van der Waals surface area contributed by atoms with E-state index in [1.807, 2.05) is 0 Å². The maximum atomic E-state index is 5.63. The number of ether oxygens (including phenoxy) is 1. The summed E-state index contributed by atoms with van der Waals surface area (Å²) in [6.07, 6.45) is 2.37. The van der Waals surface area contributed by atoms with Crippen LogP contribution in [0.4, 0.5) is 11.5 Å². The van der Waals surface area contributed by atoms with Crippen molar-refractivity contribution in [3.05, 3.63) is 11.5 Å². The van der Waals surface area contributed by atoms with Gasteiger partial charge in [0.2, 0.25) is 5.28 Å². The maximum Gasteiger partial charge on any atom is 0.224 e. The highest BCUT2D eigenvalue weighted by Gasteiger charge is 2.01. The molecule has 0 aliphatic carbocycles. The summed E-state index contributed by atoms with van der Waals surface area (Å²) >= 11 is 5.61. The van der Waals surface area contributed by atoms with Gasteiger partial charge in [-0.3, -0.25) is 0 Å². The molecule has 0 aliphatic heterocycles. The Kier molecular flexibility index (Phi) is 4.42. The smallest absolute Gasteiger partial charge is 0.224 e. The second-order valence-electron chi connectivity index (χ2n) is 2.72. The summed E-state index contributed by atoms with van der Waals surface area (Å²) in [6, 6.07) is 0. The van der Waals surface area contributed by atoms with Gasteiger partial charge in [-0.15, -0.1) is 0 Å². The van der Waals surface area contributed by atoms with Gasteiger partial charge in [-0.1, -0.05) is 0 Å². The highest BCUT2D eigenvalue weighted by Crippen LogP contribution is 2.15. The average Bonchev–Trinajstić information content (AvgIpc) is 2.18. The number of nitrogens with zero attached hydrogens (tertiary/aromatic N) is 2. The Morgan fingerprint density at radius 1 is 1.64 bits per heavy atom. The SMILES string of the molecule is COCCCNc1nc(Cl)ncc1N. The zero-order valence-corrected chi connectivity index (χ0v) is 8.71. The van der Waals surface area contributed by atoms with Crippen LogP contribution in [0.5, 0.6) is 0 Å². The molecule has 1 aromatic heterocycles. The van der Waals surface area contributed by atoms with Crippen LogP contribution in [0.3, 0.4) is 0 Å². The molecule has 3 N–H and O–H groups in total. The van der Waals surface area contributed by atoms with E-state index in [0.29, 0.717) is 18.1 Å². The van der Waals surface area contributed by atoms with Crippen molar-refractivity contribution >= 4 is 23.1 Å². The molecule has 14 heavy (non-hydrogen) atoms. The fourth-order valence-electron chi connectivity index (χ4n) is 0.935. The van der Waals surface area contributed by atoms with E-state index in [2.05, 4.69) is 15.3 Å². The number of nitrogens with two attached hydrogens (primary N) is 1. The summed E-state index contributed by atoms with van der Waals surface area (Å²) in [7, 11) is 1.66. The van der Waals surface area contributed by atoms with Crippen LogP contribution < -0.4 is 11.1 Å². The van der Waals surface area contributed by atoms with E-state index in [4.69, 9.17) is 22.1 Å². The molecule has 0 saturated heterocycles. The Morgan fingerprint density at radius 2 is 2.43 bits per heavy atom. The van der Waals surface area contributed by atoms with Gasteiger partial charge in [-0.25, -0.2) is 4.98 Å². The molecule has 0 saturated carbocycles. The van der Waals surface area contributed by atoms with Crippen LogP contribution in [0, 0.1) is 0 Å². The van der Waals surface area contributed by atoms with Gasteiger partial charge in [-0.05, 0) is 18.0 Å². The first-order chi connectivity index (χ1) is 6.74. The third kappa shape index (κ3) is 3.35. The predicted molar refractivity (Wildman–Crippen MR) is 56.4 cm³/mol. The van der Waals surface area contributed by atoms with Crippen LogP contribution in [0.25, 0.3) is 0 Å². The van der Waals surface area contributed by atoms with Gasteiger partial charge in [0.25, 0.3) is 0 Å². The molecule has 1 aromatic rings. The van der Waals surface area contributed by atoms with Crippen LogP contribution in [0.1, 0.15) is 6.42 Å². The van der Waals surface area contributed by atoms with Gasteiger partial charge >= 0.3 is 0 Å². The lowest BCUT2D eigenvalue weighted by molar-refractivity contribution is 0.198. The number of aromatic nitrogens is 2. The molecule has 0 aromatic carbocycles. The van der Waals surface area contributed by atoms with Gasteiger partial charge in [0.1, 0.15) is 0 Å². The van der Waals surface area contributed by atoms with Crippen molar-refractivity contribution in [3.8, 4) is 0 Å². The Morgan fingerprint density at radius 3 is 3.14 bits per heavy atom. The first kappa shape index (κ1) is 11.0. The van der Waals surface area contributed by atoms with Crippen molar-refractivity contribution in [2.75, 3.05) is 31.3 Å². The molecular formula is C8H13ClN4O. The molecule has 1 rings (SSSR count). The topological polar surface area (TPSA) is 73.1 Å². The molecule has 5 nitrogen and oxygen atoms in total. The molecular weight excluding hydrogens is 204 g/mol. The van der Waals surface area contributed by atoms with Gasteiger partial charge in [0.05, 0.1) is 11.9 Å². The fraction of sp³-hybridized carbons (Fsp3) is 0.500. The second-order valence-corrected chi connectivity index (χ2v) is 3.05. The summed E-state index contributed by atoms with van der Waals surface area (Å²) in [5.41, 5.74) is 6.12. The minimum atomic E-state index is 0.188. The highest BCUT2D eigenvalue weighted by molar-refractivity contribution is 6.28. The highest BCUT2D eigenvalue weighted by atomic mass is 35.5. The minimum absolute atomic E-state index is 0.188. The Labute approximate surface area is 87.6 Å². The molecule has 6 heteroatoms. The van der Waals surface area contributed by atoms with Crippen molar-refractivity contribution in [3.63, 3.8) is 0 Å². The van der Waals surface area contributed by atoms with Crippen LogP contribution in [0.15, 0.2) is 6.20 Å². The lowest BCUT2D eigenvalue weighted by Gasteiger charge is -2.07. The zero-order valence-electron chi connectivity index (χ0n) is 7.96. The number of nitrogens with one attached hydrogen (secondary N) is 1. The molecule has 0 radical (unpaired) electrons. The number of hydrogen-bond acceptors (Lipinski definition) is 5. The van der Waals surface area contributed by atoms with Crippen molar-refractivity contribution < 1.29 is 4.74 Å². The number of halogens is 1. The minimum Gasteiger partial charge on any atom is -0.394 e. The number of methoxy groups -OCH3 is 1. The number of nitrogen functional groups attached to an aromatic ring is 1. The molecule has 78 valence electrons. The molecule has 1 heterocycles. The van der Waals surface area contributed by atoms with E-state index in [0.717, 1.165) is 13.0 Å². The number of rotatable bonds is 5. The second kappa shape index (κ2) is 5.62. The molecule has 0 fully saturated rings. The van der Waals surface area contributed by atoms with Crippen LogP contribution in [-0.2, 0) is 4.74 Å². The van der Waals surface area contributed by atoms with E-state index in [9.17, 15) is 0 Å². The predicted octanol–water partition coefficient (Wildman–Crippen LogP) is 1.16. The molecule has 0 amide bonds. The molecule has 0 bridgehead atoms. The Balaban J connectivity index is 2.45.